The van der Waals surface area contributed by atoms with Crippen molar-refractivity contribution in [1.82, 2.24) is 10.2 Å². The maximum atomic E-state index is 12.5. The van der Waals surface area contributed by atoms with Gasteiger partial charge in [-0.2, -0.15) is 0 Å². The quantitative estimate of drug-likeness (QED) is 0.765. The van der Waals surface area contributed by atoms with Gasteiger partial charge in [-0.15, -0.1) is 0 Å². The smallest absolute Gasteiger partial charge is 0.227 e. The number of nitrogens with one attached hydrogen (secondary N) is 1. The summed E-state index contributed by atoms with van der Waals surface area (Å²) in [5.74, 6) is -0.144. The van der Waals surface area contributed by atoms with Crippen molar-refractivity contribution >= 4 is 23.4 Å². The van der Waals surface area contributed by atoms with Gasteiger partial charge in [-0.1, -0.05) is 18.6 Å². The number of likely N-dealkylation sites (tertiary alicyclic amines) is 1. The third kappa shape index (κ3) is 4.72. The number of anilines is 1. The fraction of sp³-hybridized carbons (Fsp3) is 0.591. The fourth-order valence-electron chi connectivity index (χ4n) is 4.04. The molecule has 0 aliphatic carbocycles. The number of aryl methyl sites for hydroxylation is 1. The van der Waals surface area contributed by atoms with Crippen LogP contribution in [0.3, 0.4) is 0 Å². The first-order chi connectivity index (χ1) is 13.5. The number of carbonyl (C=O) groups is 3. The molecule has 2 aliphatic rings. The molecule has 1 aromatic carbocycles. The summed E-state index contributed by atoms with van der Waals surface area (Å²) in [6.45, 7) is 6.52. The molecule has 0 aromatic heterocycles. The highest BCUT2D eigenvalue weighted by Crippen LogP contribution is 2.29. The molecular formula is C22H31N3O3. The Morgan fingerprint density at radius 1 is 1.14 bits per heavy atom. The maximum absolute atomic E-state index is 12.5. The molecule has 2 fully saturated rings. The molecule has 28 heavy (non-hydrogen) atoms. The van der Waals surface area contributed by atoms with Crippen molar-refractivity contribution in [1.29, 1.82) is 0 Å². The fourth-order valence-corrected chi connectivity index (χ4v) is 4.04. The van der Waals surface area contributed by atoms with Crippen LogP contribution in [0.2, 0.25) is 0 Å². The minimum Gasteiger partial charge on any atom is -0.356 e. The predicted octanol–water partition coefficient (Wildman–Crippen LogP) is 2.57. The van der Waals surface area contributed by atoms with Crippen molar-refractivity contribution in [3.8, 4) is 0 Å². The van der Waals surface area contributed by atoms with Crippen molar-refractivity contribution in [2.45, 2.75) is 52.4 Å². The molecule has 152 valence electrons. The van der Waals surface area contributed by atoms with Gasteiger partial charge in [0.25, 0.3) is 0 Å². The van der Waals surface area contributed by atoms with Crippen molar-refractivity contribution in [3.63, 3.8) is 0 Å². The highest BCUT2D eigenvalue weighted by molar-refractivity contribution is 6.00. The van der Waals surface area contributed by atoms with Crippen LogP contribution >= 0.6 is 0 Å². The predicted molar refractivity (Wildman–Crippen MR) is 109 cm³/mol. The third-order valence-corrected chi connectivity index (χ3v) is 5.94. The monoisotopic (exact) mass is 385 g/mol. The summed E-state index contributed by atoms with van der Waals surface area (Å²) >= 11 is 0. The van der Waals surface area contributed by atoms with Crippen LogP contribution in [0, 0.1) is 19.8 Å². The minimum atomic E-state index is -0.313. The van der Waals surface area contributed by atoms with Gasteiger partial charge >= 0.3 is 0 Å². The van der Waals surface area contributed by atoms with Crippen LogP contribution in [0.25, 0.3) is 0 Å². The zero-order valence-corrected chi connectivity index (χ0v) is 17.0. The van der Waals surface area contributed by atoms with Crippen LogP contribution in [0.5, 0.6) is 0 Å². The van der Waals surface area contributed by atoms with E-state index < -0.39 is 0 Å². The summed E-state index contributed by atoms with van der Waals surface area (Å²) in [6.07, 6.45) is 4.81. The average molecular weight is 386 g/mol. The number of carbonyl (C=O) groups excluding carboxylic acids is 3. The van der Waals surface area contributed by atoms with Crippen LogP contribution < -0.4 is 10.2 Å². The first-order valence-electron chi connectivity index (χ1n) is 10.4. The second kappa shape index (κ2) is 9.22. The van der Waals surface area contributed by atoms with Crippen LogP contribution in [-0.4, -0.2) is 48.8 Å². The first kappa shape index (κ1) is 20.4. The van der Waals surface area contributed by atoms with Crippen molar-refractivity contribution in [2.75, 3.05) is 31.1 Å². The molecule has 0 spiro atoms. The largest absolute Gasteiger partial charge is 0.356 e. The second-order valence-corrected chi connectivity index (χ2v) is 7.96. The highest BCUT2D eigenvalue weighted by atomic mass is 16.2. The normalized spacial score (nSPS) is 20.4. The number of hydrogen-bond acceptors (Lipinski definition) is 3. The van der Waals surface area contributed by atoms with Crippen LogP contribution in [-0.2, 0) is 14.4 Å². The maximum Gasteiger partial charge on any atom is 0.227 e. The summed E-state index contributed by atoms with van der Waals surface area (Å²) in [7, 11) is 0. The van der Waals surface area contributed by atoms with Gasteiger partial charge in [-0.25, -0.2) is 0 Å². The Morgan fingerprint density at radius 2 is 1.96 bits per heavy atom. The van der Waals surface area contributed by atoms with E-state index in [2.05, 4.69) is 5.32 Å². The Balaban J connectivity index is 1.47. The molecule has 0 unspecified atom stereocenters. The minimum absolute atomic E-state index is 0.00372. The molecule has 0 bridgehead atoms. The molecule has 6 heteroatoms. The number of nitrogens with zero attached hydrogens (tertiary/aromatic N) is 2. The van der Waals surface area contributed by atoms with Gasteiger partial charge in [0.2, 0.25) is 17.7 Å². The van der Waals surface area contributed by atoms with E-state index in [1.165, 1.54) is 0 Å². The third-order valence-electron chi connectivity index (χ3n) is 5.94. The number of benzene rings is 1. The van der Waals surface area contributed by atoms with Crippen molar-refractivity contribution in [3.05, 3.63) is 29.3 Å². The van der Waals surface area contributed by atoms with E-state index in [0.717, 1.165) is 49.0 Å². The van der Waals surface area contributed by atoms with E-state index in [4.69, 9.17) is 0 Å². The molecule has 6 nitrogen and oxygen atoms in total. The number of rotatable bonds is 6. The summed E-state index contributed by atoms with van der Waals surface area (Å²) in [5, 5.41) is 2.96. The van der Waals surface area contributed by atoms with Gasteiger partial charge in [0.05, 0.1) is 5.92 Å². The van der Waals surface area contributed by atoms with E-state index in [9.17, 15) is 14.4 Å². The van der Waals surface area contributed by atoms with Gasteiger partial charge in [0.1, 0.15) is 0 Å². The molecule has 3 rings (SSSR count). The Bertz CT molecular complexity index is 747. The van der Waals surface area contributed by atoms with E-state index in [1.54, 1.807) is 4.90 Å². The number of amides is 3. The standard InChI is InChI=1S/C22H31N3O3/c1-16-8-6-9-19(17(16)2)25-15-18(14-21(25)27)22(28)23-11-7-13-24-12-5-3-4-10-20(24)26/h6,8-9,18H,3-5,7,10-15H2,1-2H3,(H,23,28)/t18-/m0/s1. The number of hydrogen-bond donors (Lipinski definition) is 1. The lowest BCUT2D eigenvalue weighted by atomic mass is 10.1. The average Bonchev–Trinajstić information content (AvgIpc) is 2.94. The Morgan fingerprint density at radius 3 is 2.79 bits per heavy atom. The van der Waals surface area contributed by atoms with Crippen LogP contribution in [0.4, 0.5) is 5.69 Å². The highest BCUT2D eigenvalue weighted by Gasteiger charge is 2.35. The van der Waals surface area contributed by atoms with Gasteiger partial charge in [0, 0.05) is 44.7 Å². The topological polar surface area (TPSA) is 69.7 Å². The molecule has 2 heterocycles. The lowest BCUT2D eigenvalue weighted by molar-refractivity contribution is -0.130. The second-order valence-electron chi connectivity index (χ2n) is 7.96. The lowest BCUT2D eigenvalue weighted by Crippen LogP contribution is -2.36. The molecular weight excluding hydrogens is 354 g/mol. The van der Waals surface area contributed by atoms with Gasteiger partial charge in [-0.3, -0.25) is 14.4 Å². The summed E-state index contributed by atoms with van der Waals surface area (Å²) in [5.41, 5.74) is 3.13. The lowest BCUT2D eigenvalue weighted by Gasteiger charge is -2.21. The summed E-state index contributed by atoms with van der Waals surface area (Å²) < 4.78 is 0. The molecule has 0 saturated carbocycles. The zero-order valence-electron chi connectivity index (χ0n) is 17.0. The Hall–Kier alpha value is -2.37. The zero-order chi connectivity index (χ0) is 20.1. The van der Waals surface area contributed by atoms with Gasteiger partial charge in [0.15, 0.2) is 0 Å². The van der Waals surface area contributed by atoms with Gasteiger partial charge in [-0.05, 0) is 50.3 Å². The van der Waals surface area contributed by atoms with E-state index >= 15 is 0 Å². The molecule has 1 aromatic rings. The molecule has 2 aliphatic heterocycles. The molecule has 1 atom stereocenters. The SMILES string of the molecule is Cc1cccc(N2C[C@@H](C(=O)NCCCN3CCCCCC3=O)CC2=O)c1C. The van der Waals surface area contributed by atoms with E-state index in [0.29, 0.717) is 26.1 Å². The van der Waals surface area contributed by atoms with E-state index in [1.807, 2.05) is 36.9 Å². The van der Waals surface area contributed by atoms with Crippen molar-refractivity contribution in [2.24, 2.45) is 5.92 Å². The first-order valence-corrected chi connectivity index (χ1v) is 10.4. The molecule has 2 saturated heterocycles. The Kier molecular flexibility index (Phi) is 6.70. The summed E-state index contributed by atoms with van der Waals surface area (Å²) in [6, 6.07) is 5.92. The molecule has 1 N–H and O–H groups in total. The summed E-state index contributed by atoms with van der Waals surface area (Å²) in [4.78, 5) is 40.6. The van der Waals surface area contributed by atoms with Crippen molar-refractivity contribution < 1.29 is 14.4 Å². The van der Waals surface area contributed by atoms with Crippen LogP contribution in [0.1, 0.15) is 49.7 Å². The van der Waals surface area contributed by atoms with E-state index in [-0.39, 0.29) is 30.1 Å². The molecule has 0 radical (unpaired) electrons. The Labute approximate surface area is 167 Å². The molecule has 3 amide bonds. The van der Waals surface area contributed by atoms with Gasteiger partial charge < -0.3 is 15.1 Å². The van der Waals surface area contributed by atoms with Crippen LogP contribution in [0.15, 0.2) is 18.2 Å².